The Bertz CT molecular complexity index is 3250. The zero-order valence-corrected chi connectivity index (χ0v) is 35.4. The van der Waals surface area contributed by atoms with Gasteiger partial charge >= 0.3 is 0 Å². The van der Waals surface area contributed by atoms with Gasteiger partial charge in [0, 0.05) is 45.4 Å². The molecule has 312 valence electrons. The van der Waals surface area contributed by atoms with Gasteiger partial charge in [0.2, 0.25) is 0 Å². The van der Waals surface area contributed by atoms with Crippen LogP contribution in [-0.4, -0.2) is 29.9 Å². The van der Waals surface area contributed by atoms with Crippen LogP contribution in [0.3, 0.4) is 0 Å². The number of anilines is 2. The van der Waals surface area contributed by atoms with Crippen molar-refractivity contribution in [2.75, 3.05) is 11.5 Å². The minimum absolute atomic E-state index is 0.466. The van der Waals surface area contributed by atoms with E-state index in [2.05, 4.69) is 99.4 Å². The number of hydrogen-bond donors (Lipinski definition) is 2. The van der Waals surface area contributed by atoms with Gasteiger partial charge in [-0.3, -0.25) is 9.97 Å². The molecule has 10 nitrogen and oxygen atoms in total. The molecule has 0 saturated carbocycles. The lowest BCUT2D eigenvalue weighted by Crippen LogP contribution is -1.97. The summed E-state index contributed by atoms with van der Waals surface area (Å²) in [5.41, 5.74) is 26.2. The Morgan fingerprint density at radius 3 is 1.64 bits per heavy atom. The molecule has 64 heavy (non-hydrogen) atoms. The summed E-state index contributed by atoms with van der Waals surface area (Å²) in [6.45, 7) is 5.19. The van der Waals surface area contributed by atoms with Crippen molar-refractivity contribution in [3.05, 3.63) is 205 Å². The van der Waals surface area contributed by atoms with Crippen molar-refractivity contribution < 1.29 is 9.47 Å². The van der Waals surface area contributed by atoms with Gasteiger partial charge in [0.05, 0.1) is 22.4 Å². The minimum atomic E-state index is 0.466. The molecule has 0 amide bonds. The molecule has 0 unspecified atom stereocenters. The molecule has 0 aliphatic rings. The van der Waals surface area contributed by atoms with Crippen molar-refractivity contribution in [2.45, 2.75) is 27.1 Å². The second kappa shape index (κ2) is 18.6. The maximum absolute atomic E-state index is 6.15. The first-order valence-electron chi connectivity index (χ1n) is 20.8. The molecular weight excluding hydrogens is 793 g/mol. The molecule has 0 saturated heterocycles. The summed E-state index contributed by atoms with van der Waals surface area (Å²) in [6.07, 6.45) is 6.58. The Hall–Kier alpha value is -8.50. The highest BCUT2D eigenvalue weighted by Gasteiger charge is 2.14. The number of rotatable bonds is 10. The van der Waals surface area contributed by atoms with Crippen molar-refractivity contribution in [1.82, 2.24) is 29.9 Å². The fourth-order valence-electron chi connectivity index (χ4n) is 7.64. The second-order valence-corrected chi connectivity index (χ2v) is 15.4. The number of hydrogen-bond acceptors (Lipinski definition) is 10. The second-order valence-electron chi connectivity index (χ2n) is 15.4. The summed E-state index contributed by atoms with van der Waals surface area (Å²) in [5, 5.41) is 1.66. The van der Waals surface area contributed by atoms with Gasteiger partial charge in [-0.25, -0.2) is 19.9 Å². The van der Waals surface area contributed by atoms with Crippen molar-refractivity contribution >= 4 is 33.4 Å². The lowest BCUT2D eigenvalue weighted by atomic mass is 9.97. The molecule has 10 heteroatoms. The normalized spacial score (nSPS) is 10.9. The van der Waals surface area contributed by atoms with Crippen LogP contribution in [0.25, 0.3) is 66.6 Å². The summed E-state index contributed by atoms with van der Waals surface area (Å²) in [4.78, 5) is 26.2. The number of ether oxygens (including phenoxy) is 2. The molecule has 4 N–H and O–H groups in total. The van der Waals surface area contributed by atoms with Crippen molar-refractivity contribution in [3.8, 4) is 56.3 Å². The summed E-state index contributed by atoms with van der Waals surface area (Å²) in [6, 6.07) is 52.8. The van der Waals surface area contributed by atoms with Gasteiger partial charge in [-0.2, -0.15) is 0 Å². The Labute approximate surface area is 371 Å². The number of fused-ring (bicyclic) bond motifs is 2. The first kappa shape index (κ1) is 40.9. The lowest BCUT2D eigenvalue weighted by molar-refractivity contribution is 0.306. The van der Waals surface area contributed by atoms with Gasteiger partial charge in [-0.1, -0.05) is 96.6 Å². The highest BCUT2D eigenvalue weighted by Crippen LogP contribution is 2.36. The number of nitrogens with zero attached hydrogens (tertiary/aromatic N) is 6. The van der Waals surface area contributed by atoms with E-state index in [1.807, 2.05) is 103 Å². The molecule has 0 fully saturated rings. The van der Waals surface area contributed by atoms with Gasteiger partial charge in [0.1, 0.15) is 49.0 Å². The highest BCUT2D eigenvalue weighted by atomic mass is 16.5. The predicted octanol–water partition coefficient (Wildman–Crippen LogP) is 11.7. The van der Waals surface area contributed by atoms with Crippen LogP contribution in [0.5, 0.6) is 11.5 Å². The number of nitrogens with two attached hydrogens (primary N) is 2. The van der Waals surface area contributed by atoms with E-state index in [0.717, 1.165) is 94.8 Å². The first-order valence-corrected chi connectivity index (χ1v) is 20.8. The minimum Gasteiger partial charge on any atom is -0.489 e. The number of aromatic nitrogens is 6. The zero-order valence-electron chi connectivity index (χ0n) is 35.4. The van der Waals surface area contributed by atoms with Crippen molar-refractivity contribution in [1.29, 1.82) is 0 Å². The fraction of sp³-hybridized carbons (Fsp3) is 0.0741. The van der Waals surface area contributed by atoms with Crippen LogP contribution in [0.2, 0.25) is 0 Å². The van der Waals surface area contributed by atoms with E-state index in [1.54, 1.807) is 6.20 Å². The summed E-state index contributed by atoms with van der Waals surface area (Å²) >= 11 is 0. The van der Waals surface area contributed by atoms with E-state index in [-0.39, 0.29) is 0 Å². The molecule has 4 heterocycles. The summed E-state index contributed by atoms with van der Waals surface area (Å²) < 4.78 is 12.2. The summed E-state index contributed by atoms with van der Waals surface area (Å²) in [5.74, 6) is 2.55. The molecule has 0 aliphatic heterocycles. The maximum atomic E-state index is 6.15. The Morgan fingerprint density at radius 2 is 0.984 bits per heavy atom. The monoisotopic (exact) mass is 836 g/mol. The largest absolute Gasteiger partial charge is 0.489 e. The van der Waals surface area contributed by atoms with Crippen LogP contribution in [0.1, 0.15) is 22.3 Å². The molecule has 10 aromatic rings. The van der Waals surface area contributed by atoms with Gasteiger partial charge < -0.3 is 20.9 Å². The van der Waals surface area contributed by atoms with E-state index >= 15 is 0 Å². The smallest absolute Gasteiger partial charge is 0.134 e. The molecule has 0 aliphatic carbocycles. The van der Waals surface area contributed by atoms with E-state index in [1.165, 1.54) is 18.2 Å². The third kappa shape index (κ3) is 9.36. The summed E-state index contributed by atoms with van der Waals surface area (Å²) in [7, 11) is 0. The van der Waals surface area contributed by atoms with Crippen LogP contribution in [0, 0.1) is 13.8 Å². The van der Waals surface area contributed by atoms with E-state index in [0.29, 0.717) is 24.8 Å². The molecule has 0 radical (unpaired) electrons. The fourth-order valence-corrected chi connectivity index (χ4v) is 7.64. The average molecular weight is 837 g/mol. The molecular formula is C54H44N8O2. The standard InChI is InChI=1S/C28H24N4O.C26H20N4O/c1-18-5-3-6-20(11-18)16-33-23-13-19(2)12-22(14-23)27-24(7-4-10-30-27)21-8-9-26-25(15-21)28(29)32-17-31-26;27-26-23-15-19(11-12-24(23)29-17-30-26)22-10-5-13-28-25(22)20-8-4-9-21(14-20)31-16-18-6-2-1-3-7-18/h3-15,17H,16H2,1-2H3,(H2,29,31,32);1-15,17H,16H2,(H2,27,29,30). The van der Waals surface area contributed by atoms with Crippen LogP contribution in [0.15, 0.2) is 183 Å². The van der Waals surface area contributed by atoms with E-state index < -0.39 is 0 Å². The van der Waals surface area contributed by atoms with Gasteiger partial charge in [-0.05, 0) is 108 Å². The third-order valence-electron chi connectivity index (χ3n) is 10.7. The quantitative estimate of drug-likeness (QED) is 0.136. The molecule has 0 bridgehead atoms. The van der Waals surface area contributed by atoms with Crippen molar-refractivity contribution in [2.24, 2.45) is 0 Å². The number of pyridine rings is 2. The maximum Gasteiger partial charge on any atom is 0.134 e. The number of benzene rings is 6. The average Bonchev–Trinajstić information content (AvgIpc) is 3.33. The van der Waals surface area contributed by atoms with Gasteiger partial charge in [0.15, 0.2) is 0 Å². The van der Waals surface area contributed by atoms with E-state index in [9.17, 15) is 0 Å². The van der Waals surface area contributed by atoms with Gasteiger partial charge in [0.25, 0.3) is 0 Å². The molecule has 0 spiro atoms. The first-order chi connectivity index (χ1) is 31.3. The van der Waals surface area contributed by atoms with Crippen LogP contribution in [0.4, 0.5) is 11.6 Å². The number of aryl methyl sites for hydroxylation is 2. The Kier molecular flexibility index (Phi) is 11.9. The SMILES string of the molecule is Cc1cccc(COc2cc(C)cc(-c3ncccc3-c3ccc4ncnc(N)c4c3)c2)c1.Nc1ncnc2ccc(-c3cccnc3-c3cccc(OCc4ccccc4)c3)cc12. The third-order valence-corrected chi connectivity index (χ3v) is 10.7. The Balaban J connectivity index is 0.000000162. The molecule has 10 rings (SSSR count). The Morgan fingerprint density at radius 1 is 0.406 bits per heavy atom. The molecule has 0 atom stereocenters. The highest BCUT2D eigenvalue weighted by molar-refractivity contribution is 5.95. The predicted molar refractivity (Wildman–Crippen MR) is 256 cm³/mol. The topological polar surface area (TPSA) is 148 Å². The van der Waals surface area contributed by atoms with E-state index in [4.69, 9.17) is 25.9 Å². The molecule has 4 aromatic heterocycles. The molecule has 6 aromatic carbocycles. The van der Waals surface area contributed by atoms with Crippen LogP contribution < -0.4 is 20.9 Å². The number of nitrogen functional groups attached to an aromatic ring is 2. The lowest BCUT2D eigenvalue weighted by Gasteiger charge is -2.13. The van der Waals surface area contributed by atoms with Gasteiger partial charge in [-0.15, -0.1) is 0 Å². The van der Waals surface area contributed by atoms with Crippen LogP contribution in [-0.2, 0) is 13.2 Å². The van der Waals surface area contributed by atoms with Crippen LogP contribution >= 0.6 is 0 Å². The zero-order chi connectivity index (χ0) is 43.8. The van der Waals surface area contributed by atoms with Crippen molar-refractivity contribution in [3.63, 3.8) is 0 Å².